The highest BCUT2D eigenvalue weighted by molar-refractivity contribution is 5.68. The second-order valence-corrected chi connectivity index (χ2v) is 11.6. The molecule has 0 saturated carbocycles. The maximum atomic E-state index is 12.0. The lowest BCUT2D eigenvalue weighted by molar-refractivity contribution is -0.137. The zero-order valence-electron chi connectivity index (χ0n) is 25.1. The molecule has 1 atom stereocenters. The summed E-state index contributed by atoms with van der Waals surface area (Å²) in [5, 5.41) is 14.5. The van der Waals surface area contributed by atoms with Gasteiger partial charge in [-0.3, -0.25) is 9.78 Å². The van der Waals surface area contributed by atoms with Gasteiger partial charge in [0, 0.05) is 62.6 Å². The first-order valence-corrected chi connectivity index (χ1v) is 15.0. The van der Waals surface area contributed by atoms with Crippen LogP contribution in [0.25, 0.3) is 0 Å². The fourth-order valence-electron chi connectivity index (χ4n) is 6.46. The van der Waals surface area contributed by atoms with Gasteiger partial charge < -0.3 is 24.1 Å². The number of aryl methyl sites for hydroxylation is 3. The van der Waals surface area contributed by atoms with Gasteiger partial charge in [0.25, 0.3) is 0 Å². The van der Waals surface area contributed by atoms with E-state index in [2.05, 4.69) is 29.4 Å². The molecule has 9 heteroatoms. The van der Waals surface area contributed by atoms with Crippen molar-refractivity contribution in [3.05, 3.63) is 70.2 Å². The molecule has 1 N–H and O–H groups in total. The highest BCUT2D eigenvalue weighted by Gasteiger charge is 2.36. The molecule has 1 fully saturated rings. The third-order valence-electron chi connectivity index (χ3n) is 8.76. The molecule has 2 aliphatic rings. The van der Waals surface area contributed by atoms with E-state index in [4.69, 9.17) is 23.9 Å². The predicted octanol–water partition coefficient (Wildman–Crippen LogP) is 4.82. The summed E-state index contributed by atoms with van der Waals surface area (Å²) in [7, 11) is 5.20. The number of rotatable bonds is 13. The summed E-state index contributed by atoms with van der Waals surface area (Å²) >= 11 is 0. The first-order chi connectivity index (χ1) is 20.4. The van der Waals surface area contributed by atoms with Crippen molar-refractivity contribution in [1.82, 2.24) is 14.8 Å². The predicted molar refractivity (Wildman–Crippen MR) is 159 cm³/mol. The molecule has 0 radical (unpaired) electrons. The number of methoxy groups -OCH3 is 2. The number of pyridine rings is 1. The van der Waals surface area contributed by atoms with Crippen molar-refractivity contribution in [2.24, 2.45) is 7.05 Å². The topological polar surface area (TPSA) is 105 Å². The van der Waals surface area contributed by atoms with Crippen LogP contribution in [0.15, 0.2) is 36.4 Å². The summed E-state index contributed by atoms with van der Waals surface area (Å²) in [6.07, 6.45) is 7.44. The van der Waals surface area contributed by atoms with Crippen LogP contribution in [-0.2, 0) is 52.4 Å². The van der Waals surface area contributed by atoms with Crippen LogP contribution in [0.1, 0.15) is 71.8 Å². The standard InChI is InChI=1S/C33H43N3O6/c1-36-31(42-15-12-26-10-8-23-6-4-5-7-29(23)34-26)21-27(35-36)18-24(19-32(37)38)28-20-25(9-11-30(28)40-3)33(22-39-2)13-16-41-17-14-33/h8-11,20-21,24H,4-7,12-19,22H2,1-3H3,(H,37,38)/t24-/m0/s1. The van der Waals surface area contributed by atoms with Gasteiger partial charge in [0.1, 0.15) is 5.75 Å². The third kappa shape index (κ3) is 6.95. The minimum absolute atomic E-state index is 0.0447. The molecule has 9 nitrogen and oxygen atoms in total. The Morgan fingerprint density at radius 2 is 1.90 bits per heavy atom. The summed E-state index contributed by atoms with van der Waals surface area (Å²) < 4.78 is 24.9. The number of ether oxygens (including phenoxy) is 4. The van der Waals surface area contributed by atoms with E-state index in [9.17, 15) is 9.90 Å². The Kier molecular flexibility index (Phi) is 9.80. The Morgan fingerprint density at radius 3 is 2.67 bits per heavy atom. The van der Waals surface area contributed by atoms with Gasteiger partial charge in [0.2, 0.25) is 5.88 Å². The van der Waals surface area contributed by atoms with Crippen LogP contribution in [0.3, 0.4) is 0 Å². The van der Waals surface area contributed by atoms with E-state index in [1.165, 1.54) is 24.1 Å². The number of benzene rings is 1. The molecule has 0 spiro atoms. The first kappa shape index (κ1) is 30.0. The lowest BCUT2D eigenvalue weighted by atomic mass is 9.73. The largest absolute Gasteiger partial charge is 0.496 e. The third-order valence-corrected chi connectivity index (χ3v) is 8.76. The van der Waals surface area contributed by atoms with Crippen molar-refractivity contribution in [3.63, 3.8) is 0 Å². The minimum atomic E-state index is -0.866. The van der Waals surface area contributed by atoms with Crippen LogP contribution in [0, 0.1) is 0 Å². The highest BCUT2D eigenvalue weighted by atomic mass is 16.5. The molecule has 0 amide bonds. The molecule has 1 aromatic carbocycles. The molecule has 1 aliphatic carbocycles. The average molecular weight is 578 g/mol. The van der Waals surface area contributed by atoms with Crippen LogP contribution in [0.4, 0.5) is 0 Å². The molecule has 5 rings (SSSR count). The summed E-state index contributed by atoms with van der Waals surface area (Å²) in [5.41, 5.74) is 6.24. The van der Waals surface area contributed by atoms with Gasteiger partial charge in [0.05, 0.1) is 32.4 Å². The summed E-state index contributed by atoms with van der Waals surface area (Å²) in [5.74, 6) is 0.128. The van der Waals surface area contributed by atoms with Crippen molar-refractivity contribution in [2.75, 3.05) is 40.6 Å². The Balaban J connectivity index is 1.32. The van der Waals surface area contributed by atoms with E-state index < -0.39 is 5.97 Å². The number of aromatic nitrogens is 3. The molecule has 1 saturated heterocycles. The number of aliphatic carboxylic acids is 1. The van der Waals surface area contributed by atoms with Gasteiger partial charge in [-0.1, -0.05) is 18.2 Å². The van der Waals surface area contributed by atoms with Gasteiger partial charge in [-0.05, 0) is 73.8 Å². The van der Waals surface area contributed by atoms with E-state index >= 15 is 0 Å². The molecule has 226 valence electrons. The Bertz CT molecular complexity index is 1360. The number of fused-ring (bicyclic) bond motifs is 1. The molecular formula is C33H43N3O6. The Hall–Kier alpha value is -3.43. The van der Waals surface area contributed by atoms with Gasteiger partial charge in [-0.2, -0.15) is 5.10 Å². The van der Waals surface area contributed by atoms with Gasteiger partial charge >= 0.3 is 5.97 Å². The second-order valence-electron chi connectivity index (χ2n) is 11.6. The molecule has 0 unspecified atom stereocenters. The quantitative estimate of drug-likeness (QED) is 0.308. The van der Waals surface area contributed by atoms with E-state index in [1.807, 2.05) is 19.2 Å². The number of carboxylic acids is 1. The van der Waals surface area contributed by atoms with Crippen molar-refractivity contribution in [2.45, 2.75) is 69.1 Å². The molecule has 3 aromatic rings. The van der Waals surface area contributed by atoms with E-state index in [-0.39, 0.29) is 17.8 Å². The van der Waals surface area contributed by atoms with Crippen molar-refractivity contribution >= 4 is 5.97 Å². The van der Waals surface area contributed by atoms with Gasteiger partial charge in [0.15, 0.2) is 0 Å². The van der Waals surface area contributed by atoms with Crippen molar-refractivity contribution < 1.29 is 28.8 Å². The monoisotopic (exact) mass is 577 g/mol. The molecular weight excluding hydrogens is 534 g/mol. The van der Waals surface area contributed by atoms with Gasteiger partial charge in [-0.25, -0.2) is 4.68 Å². The van der Waals surface area contributed by atoms with Crippen LogP contribution < -0.4 is 9.47 Å². The lowest BCUT2D eigenvalue weighted by Crippen LogP contribution is -2.38. The number of hydrogen-bond donors (Lipinski definition) is 1. The minimum Gasteiger partial charge on any atom is -0.496 e. The lowest BCUT2D eigenvalue weighted by Gasteiger charge is -2.37. The maximum absolute atomic E-state index is 12.0. The molecule has 1 aliphatic heterocycles. The van der Waals surface area contributed by atoms with Crippen molar-refractivity contribution in [1.29, 1.82) is 0 Å². The smallest absolute Gasteiger partial charge is 0.303 e. The Labute approximate surface area is 248 Å². The van der Waals surface area contributed by atoms with E-state index in [0.717, 1.165) is 48.2 Å². The summed E-state index contributed by atoms with van der Waals surface area (Å²) in [4.78, 5) is 16.9. The molecule has 42 heavy (non-hydrogen) atoms. The zero-order valence-corrected chi connectivity index (χ0v) is 25.1. The maximum Gasteiger partial charge on any atom is 0.303 e. The Morgan fingerprint density at radius 1 is 1.10 bits per heavy atom. The molecule has 3 heterocycles. The SMILES string of the molecule is COCC1(c2ccc(OC)c([C@H](CC(=O)O)Cc3cc(OCCc4ccc5c(n4)CCCC5)n(C)n3)c2)CCOCC1. The van der Waals surface area contributed by atoms with Gasteiger partial charge in [-0.15, -0.1) is 0 Å². The molecule has 0 bridgehead atoms. The van der Waals surface area contributed by atoms with Crippen LogP contribution in [0.5, 0.6) is 11.6 Å². The van der Waals surface area contributed by atoms with Crippen LogP contribution in [0.2, 0.25) is 0 Å². The van der Waals surface area contributed by atoms with Crippen LogP contribution in [-0.4, -0.2) is 66.5 Å². The van der Waals surface area contributed by atoms with E-state index in [1.54, 1.807) is 18.9 Å². The summed E-state index contributed by atoms with van der Waals surface area (Å²) in [6, 6.07) is 12.4. The number of carboxylic acid groups (broad SMARTS) is 1. The fraction of sp³-hybridized carbons (Fsp3) is 0.545. The fourth-order valence-corrected chi connectivity index (χ4v) is 6.46. The summed E-state index contributed by atoms with van der Waals surface area (Å²) in [6.45, 7) is 2.41. The van der Waals surface area contributed by atoms with Crippen molar-refractivity contribution in [3.8, 4) is 11.6 Å². The second kappa shape index (κ2) is 13.7. The zero-order chi connectivity index (χ0) is 29.5. The highest BCUT2D eigenvalue weighted by Crippen LogP contribution is 2.40. The molecule has 2 aromatic heterocycles. The average Bonchev–Trinajstić information content (AvgIpc) is 3.35. The van der Waals surface area contributed by atoms with Crippen LogP contribution >= 0.6 is 0 Å². The normalized spacial score (nSPS) is 16.9. The number of nitrogens with zero attached hydrogens (tertiary/aromatic N) is 3. The van der Waals surface area contributed by atoms with E-state index in [0.29, 0.717) is 50.9 Å². The number of carbonyl (C=O) groups is 1. The number of hydrogen-bond acceptors (Lipinski definition) is 7. The first-order valence-electron chi connectivity index (χ1n) is 15.0.